The monoisotopic (exact) mass is 405 g/mol. The number of aromatic nitrogens is 3. The molecule has 1 saturated heterocycles. The molecule has 0 radical (unpaired) electrons. The topological polar surface area (TPSA) is 92.7 Å². The van der Waals surface area contributed by atoms with Gasteiger partial charge in [0.25, 0.3) is 0 Å². The first-order valence-corrected chi connectivity index (χ1v) is 10.0. The zero-order valence-corrected chi connectivity index (χ0v) is 17.3. The van der Waals surface area contributed by atoms with Gasteiger partial charge >= 0.3 is 0 Å². The van der Waals surface area contributed by atoms with Crippen molar-refractivity contribution < 1.29 is 4.74 Å². The Morgan fingerprint density at radius 3 is 2.67 bits per heavy atom. The van der Waals surface area contributed by atoms with Crippen LogP contribution in [-0.4, -0.2) is 40.7 Å². The number of morpholine rings is 1. The number of ether oxygens (including phenoxy) is 1. The molecule has 156 valence electrons. The van der Waals surface area contributed by atoms with Crippen molar-refractivity contribution in [3.63, 3.8) is 0 Å². The fourth-order valence-corrected chi connectivity index (χ4v) is 3.43. The van der Waals surface area contributed by atoms with Crippen LogP contribution in [0.4, 0.5) is 17.2 Å². The first kappa shape index (κ1) is 19.9. The van der Waals surface area contributed by atoms with Crippen LogP contribution in [0.15, 0.2) is 60.7 Å². The highest BCUT2D eigenvalue weighted by Crippen LogP contribution is 2.25. The maximum absolute atomic E-state index is 5.56. The number of hydrazine groups is 1. The molecule has 1 fully saturated rings. The summed E-state index contributed by atoms with van der Waals surface area (Å²) in [5.74, 6) is 6.26. The summed E-state index contributed by atoms with van der Waals surface area (Å²) in [5.41, 5.74) is 8.26. The average molecular weight is 406 g/mol. The summed E-state index contributed by atoms with van der Waals surface area (Å²) < 4.78 is 7.40. The number of anilines is 3. The molecule has 0 atom stereocenters. The number of allylic oxidation sites excluding steroid dienone is 3. The highest BCUT2D eigenvalue weighted by atomic mass is 16.5. The minimum Gasteiger partial charge on any atom is -0.378 e. The van der Waals surface area contributed by atoms with Crippen molar-refractivity contribution in [3.05, 3.63) is 66.4 Å². The standard InChI is InChI=1S/C22H27N7O/c1-3-17(27-23)14-16(2)20-15-29-9-8-24-22(29)21(26-20)25-18-4-6-19(7-5-18)28-10-12-30-13-11-28/h3-9,14-15,27H,10-13,23H2,1-2H3,(H,25,26)/b16-14+,17-3-. The number of benzene rings is 1. The maximum Gasteiger partial charge on any atom is 0.180 e. The molecule has 0 amide bonds. The molecule has 0 unspecified atom stereocenters. The highest BCUT2D eigenvalue weighted by molar-refractivity contribution is 5.74. The highest BCUT2D eigenvalue weighted by Gasteiger charge is 2.12. The molecular formula is C22H27N7O. The second-order valence-corrected chi connectivity index (χ2v) is 7.12. The molecule has 4 rings (SSSR count). The number of nitrogens with one attached hydrogen (secondary N) is 2. The van der Waals surface area contributed by atoms with E-state index in [0.717, 1.165) is 54.6 Å². The molecular weight excluding hydrogens is 378 g/mol. The molecule has 4 N–H and O–H groups in total. The van der Waals surface area contributed by atoms with E-state index in [4.69, 9.17) is 15.6 Å². The Balaban J connectivity index is 1.61. The molecule has 0 bridgehead atoms. The van der Waals surface area contributed by atoms with Crippen molar-refractivity contribution in [2.45, 2.75) is 13.8 Å². The molecule has 1 aromatic carbocycles. The maximum atomic E-state index is 5.56. The van der Waals surface area contributed by atoms with Gasteiger partial charge < -0.3 is 24.8 Å². The minimum atomic E-state index is 0.701. The number of fused-ring (bicyclic) bond motifs is 1. The third kappa shape index (κ3) is 4.29. The minimum absolute atomic E-state index is 0.701. The van der Waals surface area contributed by atoms with Crippen LogP contribution in [0.2, 0.25) is 0 Å². The summed E-state index contributed by atoms with van der Waals surface area (Å²) in [6.07, 6.45) is 9.52. The van der Waals surface area contributed by atoms with Gasteiger partial charge in [-0.3, -0.25) is 5.84 Å². The fourth-order valence-electron chi connectivity index (χ4n) is 3.43. The average Bonchev–Trinajstić information content (AvgIpc) is 3.27. The van der Waals surface area contributed by atoms with Crippen molar-refractivity contribution in [2.75, 3.05) is 36.5 Å². The number of rotatable bonds is 6. The van der Waals surface area contributed by atoms with Crippen LogP contribution < -0.4 is 21.5 Å². The van der Waals surface area contributed by atoms with E-state index in [1.54, 1.807) is 6.20 Å². The zero-order chi connectivity index (χ0) is 20.9. The smallest absolute Gasteiger partial charge is 0.180 e. The number of hydrogen-bond donors (Lipinski definition) is 3. The van der Waals surface area contributed by atoms with Gasteiger partial charge in [-0.25, -0.2) is 9.97 Å². The van der Waals surface area contributed by atoms with Gasteiger partial charge in [0.1, 0.15) is 0 Å². The number of imidazole rings is 1. The number of nitrogens with two attached hydrogens (primary N) is 1. The fraction of sp³-hybridized carbons (Fsp3) is 0.273. The van der Waals surface area contributed by atoms with E-state index >= 15 is 0 Å². The summed E-state index contributed by atoms with van der Waals surface area (Å²) >= 11 is 0. The molecule has 2 aromatic heterocycles. The Hall–Kier alpha value is -3.36. The van der Waals surface area contributed by atoms with E-state index < -0.39 is 0 Å². The predicted octanol–water partition coefficient (Wildman–Crippen LogP) is 3.08. The molecule has 1 aliphatic rings. The quantitative estimate of drug-likeness (QED) is 0.330. The molecule has 3 aromatic rings. The third-order valence-electron chi connectivity index (χ3n) is 5.13. The molecule has 0 aliphatic carbocycles. The van der Waals surface area contributed by atoms with Crippen molar-refractivity contribution in [1.82, 2.24) is 19.8 Å². The third-order valence-corrected chi connectivity index (χ3v) is 5.13. The van der Waals surface area contributed by atoms with Crippen molar-refractivity contribution in [2.24, 2.45) is 5.84 Å². The van der Waals surface area contributed by atoms with Gasteiger partial charge in [-0.05, 0) is 49.8 Å². The Kier molecular flexibility index (Phi) is 5.97. The van der Waals surface area contributed by atoms with Crippen molar-refractivity contribution in [3.8, 4) is 0 Å². The van der Waals surface area contributed by atoms with Gasteiger partial charge in [-0.15, -0.1) is 0 Å². The molecule has 1 aliphatic heterocycles. The summed E-state index contributed by atoms with van der Waals surface area (Å²) in [4.78, 5) is 11.6. The Labute approximate surface area is 176 Å². The zero-order valence-electron chi connectivity index (χ0n) is 17.3. The Bertz CT molecular complexity index is 1060. The second-order valence-electron chi connectivity index (χ2n) is 7.12. The molecule has 8 heteroatoms. The second kappa shape index (κ2) is 8.98. The first-order valence-electron chi connectivity index (χ1n) is 10.0. The van der Waals surface area contributed by atoms with E-state index in [1.165, 1.54) is 5.69 Å². The number of hydrogen-bond acceptors (Lipinski definition) is 7. The van der Waals surface area contributed by atoms with Crippen LogP contribution in [0, 0.1) is 0 Å². The van der Waals surface area contributed by atoms with Crippen LogP contribution in [-0.2, 0) is 4.74 Å². The molecule has 0 spiro atoms. The van der Waals surface area contributed by atoms with Gasteiger partial charge in [0, 0.05) is 48.8 Å². The molecule has 0 saturated carbocycles. The van der Waals surface area contributed by atoms with Crippen molar-refractivity contribution in [1.29, 1.82) is 0 Å². The Morgan fingerprint density at radius 1 is 1.20 bits per heavy atom. The lowest BCUT2D eigenvalue weighted by molar-refractivity contribution is 0.122. The number of nitrogens with zero attached hydrogens (tertiary/aromatic N) is 4. The van der Waals surface area contributed by atoms with Gasteiger partial charge in [0.2, 0.25) is 0 Å². The van der Waals surface area contributed by atoms with E-state index in [-0.39, 0.29) is 0 Å². The van der Waals surface area contributed by atoms with Gasteiger partial charge in [0.05, 0.1) is 18.9 Å². The van der Waals surface area contributed by atoms with E-state index in [9.17, 15) is 0 Å². The van der Waals surface area contributed by atoms with Gasteiger partial charge in [-0.1, -0.05) is 6.08 Å². The van der Waals surface area contributed by atoms with E-state index in [0.29, 0.717) is 5.82 Å². The normalized spacial score (nSPS) is 15.5. The van der Waals surface area contributed by atoms with Crippen LogP contribution in [0.3, 0.4) is 0 Å². The lowest BCUT2D eigenvalue weighted by Gasteiger charge is -2.28. The largest absolute Gasteiger partial charge is 0.378 e. The molecule has 8 nitrogen and oxygen atoms in total. The summed E-state index contributed by atoms with van der Waals surface area (Å²) in [6.45, 7) is 7.32. The summed E-state index contributed by atoms with van der Waals surface area (Å²) in [5, 5.41) is 3.42. The van der Waals surface area contributed by atoms with E-state index in [2.05, 4.69) is 44.9 Å². The molecule has 3 heterocycles. The predicted molar refractivity (Wildman–Crippen MR) is 120 cm³/mol. The first-order chi connectivity index (χ1) is 14.7. The Morgan fingerprint density at radius 2 is 1.97 bits per heavy atom. The van der Waals surface area contributed by atoms with Crippen LogP contribution in [0.25, 0.3) is 11.2 Å². The summed E-state index contributed by atoms with van der Waals surface area (Å²) in [7, 11) is 0. The SMILES string of the molecule is C/C=C(/C=C(\C)c1cn2ccnc2c(Nc2ccc(N3CCOCC3)cc2)n1)NN. The van der Waals surface area contributed by atoms with Crippen LogP contribution >= 0.6 is 0 Å². The van der Waals surface area contributed by atoms with Gasteiger partial charge in [-0.2, -0.15) is 0 Å². The van der Waals surface area contributed by atoms with Gasteiger partial charge in [0.15, 0.2) is 11.5 Å². The summed E-state index contributed by atoms with van der Waals surface area (Å²) in [6, 6.07) is 8.38. The van der Waals surface area contributed by atoms with Crippen LogP contribution in [0.5, 0.6) is 0 Å². The van der Waals surface area contributed by atoms with Crippen molar-refractivity contribution >= 4 is 28.4 Å². The lowest BCUT2D eigenvalue weighted by Crippen LogP contribution is -2.36. The van der Waals surface area contributed by atoms with Crippen LogP contribution in [0.1, 0.15) is 19.5 Å². The van der Waals surface area contributed by atoms with E-state index in [1.807, 2.05) is 42.8 Å². The molecule has 30 heavy (non-hydrogen) atoms. The lowest BCUT2D eigenvalue weighted by atomic mass is 10.2.